The van der Waals surface area contributed by atoms with E-state index in [4.69, 9.17) is 0 Å². The van der Waals surface area contributed by atoms with E-state index in [2.05, 4.69) is 10.1 Å². The lowest BCUT2D eigenvalue weighted by molar-refractivity contribution is 0.705. The molecule has 0 unspecified atom stereocenters. The second-order valence-corrected chi connectivity index (χ2v) is 3.38. The number of pyridine rings is 1. The molecule has 0 radical (unpaired) electrons. The van der Waals surface area contributed by atoms with Gasteiger partial charge in [-0.25, -0.2) is 4.68 Å². The van der Waals surface area contributed by atoms with E-state index >= 15 is 0 Å². The van der Waals surface area contributed by atoms with Crippen LogP contribution in [0.5, 0.6) is 0 Å². The van der Waals surface area contributed by atoms with Crippen LogP contribution in [0.4, 0.5) is 0 Å². The highest BCUT2D eigenvalue weighted by Gasteiger charge is 2.03. The van der Waals surface area contributed by atoms with Crippen molar-refractivity contribution in [3.63, 3.8) is 0 Å². The third-order valence-corrected chi connectivity index (χ3v) is 2.22. The Morgan fingerprint density at radius 1 is 1.27 bits per heavy atom. The van der Waals surface area contributed by atoms with Crippen LogP contribution in [0.25, 0.3) is 11.3 Å². The van der Waals surface area contributed by atoms with Crippen molar-refractivity contribution in [1.29, 1.82) is 0 Å². The van der Waals surface area contributed by atoms with Gasteiger partial charge in [0.05, 0.1) is 5.69 Å². The summed E-state index contributed by atoms with van der Waals surface area (Å²) in [7, 11) is 1.65. The number of hydrogen-bond donors (Lipinski definition) is 0. The van der Waals surface area contributed by atoms with Gasteiger partial charge in [-0.1, -0.05) is 0 Å². The highest BCUT2D eigenvalue weighted by molar-refractivity contribution is 5.57. The molecule has 15 heavy (non-hydrogen) atoms. The lowest BCUT2D eigenvalue weighted by Crippen LogP contribution is -2.21. The van der Waals surface area contributed by atoms with Gasteiger partial charge < -0.3 is 0 Å². The van der Waals surface area contributed by atoms with Gasteiger partial charge >= 0.3 is 0 Å². The van der Waals surface area contributed by atoms with Gasteiger partial charge in [0.2, 0.25) is 0 Å². The molecule has 0 amide bonds. The molecule has 2 rings (SSSR count). The summed E-state index contributed by atoms with van der Waals surface area (Å²) in [4.78, 5) is 15.4. The van der Waals surface area contributed by atoms with E-state index in [0.29, 0.717) is 5.56 Å². The average Bonchev–Trinajstić information content (AvgIpc) is 2.26. The van der Waals surface area contributed by atoms with Crippen LogP contribution in [-0.2, 0) is 7.05 Å². The predicted octanol–water partition coefficient (Wildman–Crippen LogP) is 1.15. The molecule has 0 aliphatic rings. The minimum absolute atomic E-state index is 0.0622. The van der Waals surface area contributed by atoms with Gasteiger partial charge in [0.25, 0.3) is 5.56 Å². The van der Waals surface area contributed by atoms with Gasteiger partial charge in [0.1, 0.15) is 0 Å². The van der Waals surface area contributed by atoms with Crippen molar-refractivity contribution in [1.82, 2.24) is 14.8 Å². The fraction of sp³-hybridized carbons (Fsp3) is 0.182. The Bertz CT molecular complexity index is 505. The topological polar surface area (TPSA) is 47.8 Å². The van der Waals surface area contributed by atoms with E-state index in [1.54, 1.807) is 32.4 Å². The van der Waals surface area contributed by atoms with Crippen LogP contribution in [0.1, 0.15) is 5.56 Å². The Morgan fingerprint density at radius 2 is 1.93 bits per heavy atom. The molecule has 0 aliphatic carbocycles. The summed E-state index contributed by atoms with van der Waals surface area (Å²) in [5.41, 5.74) is 2.38. The SMILES string of the molecule is Cc1cc(-c2ccncc2)nn(C)c1=O. The Morgan fingerprint density at radius 3 is 2.53 bits per heavy atom. The Balaban J connectivity index is 2.61. The number of aryl methyl sites for hydroxylation is 2. The van der Waals surface area contributed by atoms with Crippen molar-refractivity contribution in [3.05, 3.63) is 46.5 Å². The van der Waals surface area contributed by atoms with Crippen LogP contribution in [0, 0.1) is 6.92 Å². The zero-order valence-electron chi connectivity index (χ0n) is 8.64. The molecular weight excluding hydrogens is 190 g/mol. The van der Waals surface area contributed by atoms with Gasteiger partial charge in [-0.05, 0) is 25.1 Å². The average molecular weight is 201 g/mol. The maximum absolute atomic E-state index is 11.4. The van der Waals surface area contributed by atoms with E-state index in [9.17, 15) is 4.79 Å². The lowest BCUT2D eigenvalue weighted by Gasteiger charge is -2.04. The fourth-order valence-electron chi connectivity index (χ4n) is 1.42. The predicted molar refractivity (Wildman–Crippen MR) is 57.4 cm³/mol. The molecule has 0 atom stereocenters. The molecule has 0 saturated heterocycles. The lowest BCUT2D eigenvalue weighted by atomic mass is 10.1. The quantitative estimate of drug-likeness (QED) is 0.695. The third-order valence-electron chi connectivity index (χ3n) is 2.22. The van der Waals surface area contributed by atoms with Crippen LogP contribution in [0.2, 0.25) is 0 Å². The molecule has 0 bridgehead atoms. The van der Waals surface area contributed by atoms with Crippen molar-refractivity contribution >= 4 is 0 Å². The van der Waals surface area contributed by atoms with E-state index in [1.807, 2.05) is 12.1 Å². The van der Waals surface area contributed by atoms with Crippen LogP contribution >= 0.6 is 0 Å². The van der Waals surface area contributed by atoms with Crippen LogP contribution in [0.15, 0.2) is 35.4 Å². The van der Waals surface area contributed by atoms with Gasteiger partial charge in [-0.15, -0.1) is 0 Å². The van der Waals surface area contributed by atoms with Crippen LogP contribution < -0.4 is 5.56 Å². The van der Waals surface area contributed by atoms with E-state index in [1.165, 1.54) is 4.68 Å². The van der Waals surface area contributed by atoms with Crippen molar-refractivity contribution in [2.75, 3.05) is 0 Å². The smallest absolute Gasteiger partial charge is 0.268 e. The molecule has 0 spiro atoms. The molecule has 0 saturated carbocycles. The molecule has 0 aromatic carbocycles. The molecular formula is C11H11N3O. The normalized spacial score (nSPS) is 10.3. The highest BCUT2D eigenvalue weighted by Crippen LogP contribution is 2.14. The third kappa shape index (κ3) is 1.79. The molecule has 2 aromatic heterocycles. The van der Waals surface area contributed by atoms with E-state index < -0.39 is 0 Å². The molecule has 2 aromatic rings. The van der Waals surface area contributed by atoms with Gasteiger partial charge in [0.15, 0.2) is 0 Å². The standard InChI is InChI=1S/C11H11N3O/c1-8-7-10(13-14(2)11(8)15)9-3-5-12-6-4-9/h3-7H,1-2H3. The van der Waals surface area contributed by atoms with Crippen molar-refractivity contribution in [3.8, 4) is 11.3 Å². The molecule has 0 N–H and O–H groups in total. The zero-order chi connectivity index (χ0) is 10.8. The second kappa shape index (κ2) is 3.65. The van der Waals surface area contributed by atoms with Crippen molar-refractivity contribution < 1.29 is 0 Å². The maximum atomic E-state index is 11.4. The first-order valence-corrected chi connectivity index (χ1v) is 4.64. The summed E-state index contributed by atoms with van der Waals surface area (Å²) in [6.07, 6.45) is 3.41. The summed E-state index contributed by atoms with van der Waals surface area (Å²) in [6.45, 7) is 1.79. The van der Waals surface area contributed by atoms with Gasteiger partial charge in [-0.2, -0.15) is 5.10 Å². The van der Waals surface area contributed by atoms with Gasteiger partial charge in [-0.3, -0.25) is 9.78 Å². The first-order chi connectivity index (χ1) is 7.18. The summed E-state index contributed by atoms with van der Waals surface area (Å²) >= 11 is 0. The first-order valence-electron chi connectivity index (χ1n) is 4.64. The monoisotopic (exact) mass is 201 g/mol. The number of aromatic nitrogens is 3. The second-order valence-electron chi connectivity index (χ2n) is 3.38. The van der Waals surface area contributed by atoms with Gasteiger partial charge in [0, 0.05) is 30.6 Å². The first kappa shape index (κ1) is 9.58. The Labute approximate surface area is 87.2 Å². The molecule has 2 heterocycles. The summed E-state index contributed by atoms with van der Waals surface area (Å²) < 4.78 is 1.35. The van der Waals surface area contributed by atoms with Crippen molar-refractivity contribution in [2.24, 2.45) is 7.05 Å². The van der Waals surface area contributed by atoms with E-state index in [0.717, 1.165) is 11.3 Å². The Kier molecular flexibility index (Phi) is 2.33. The zero-order valence-corrected chi connectivity index (χ0v) is 8.64. The summed E-state index contributed by atoms with van der Waals surface area (Å²) in [6, 6.07) is 5.52. The van der Waals surface area contributed by atoms with E-state index in [-0.39, 0.29) is 5.56 Å². The molecule has 4 nitrogen and oxygen atoms in total. The molecule has 0 fully saturated rings. The molecule has 76 valence electrons. The molecule has 4 heteroatoms. The fourth-order valence-corrected chi connectivity index (χ4v) is 1.42. The minimum atomic E-state index is -0.0622. The highest BCUT2D eigenvalue weighted by atomic mass is 16.1. The summed E-state index contributed by atoms with van der Waals surface area (Å²) in [5, 5.41) is 4.18. The maximum Gasteiger partial charge on any atom is 0.269 e. The minimum Gasteiger partial charge on any atom is -0.268 e. The van der Waals surface area contributed by atoms with Crippen LogP contribution in [-0.4, -0.2) is 14.8 Å². The number of hydrogen-bond acceptors (Lipinski definition) is 3. The van der Waals surface area contributed by atoms with Crippen molar-refractivity contribution in [2.45, 2.75) is 6.92 Å². The molecule has 0 aliphatic heterocycles. The number of nitrogens with zero attached hydrogens (tertiary/aromatic N) is 3. The largest absolute Gasteiger partial charge is 0.269 e. The Hall–Kier alpha value is -1.97. The number of rotatable bonds is 1. The summed E-state index contributed by atoms with van der Waals surface area (Å²) in [5.74, 6) is 0. The van der Waals surface area contributed by atoms with Crippen LogP contribution in [0.3, 0.4) is 0 Å².